The van der Waals surface area contributed by atoms with Gasteiger partial charge in [0.05, 0.1) is 22.5 Å². The topological polar surface area (TPSA) is 84.3 Å². The van der Waals surface area contributed by atoms with Crippen LogP contribution in [0, 0.1) is 0 Å². The Hall–Kier alpha value is -2.54. The Labute approximate surface area is 129 Å². The van der Waals surface area contributed by atoms with Gasteiger partial charge in [0, 0.05) is 6.42 Å². The SMILES string of the molecule is O=C1CSC(=NC2=CCC(=O)c3nc4ccccc4nc32)N1. The molecular formula is C15H10N4O2S. The van der Waals surface area contributed by atoms with Gasteiger partial charge in [-0.05, 0) is 18.2 Å². The van der Waals surface area contributed by atoms with Crippen LogP contribution >= 0.6 is 11.8 Å². The molecule has 1 aliphatic carbocycles. The molecule has 4 rings (SSSR count). The summed E-state index contributed by atoms with van der Waals surface area (Å²) in [5.74, 6) is 0.225. The van der Waals surface area contributed by atoms with Crippen molar-refractivity contribution in [2.45, 2.75) is 6.42 Å². The number of rotatable bonds is 1. The Morgan fingerprint density at radius 2 is 1.82 bits per heavy atom. The van der Waals surface area contributed by atoms with Crippen molar-refractivity contribution in [3.63, 3.8) is 0 Å². The summed E-state index contributed by atoms with van der Waals surface area (Å²) >= 11 is 1.34. The summed E-state index contributed by atoms with van der Waals surface area (Å²) < 4.78 is 0. The quantitative estimate of drug-likeness (QED) is 0.868. The summed E-state index contributed by atoms with van der Waals surface area (Å²) in [6.45, 7) is 0. The van der Waals surface area contributed by atoms with Gasteiger partial charge in [-0.15, -0.1) is 0 Å². The molecule has 1 fully saturated rings. The predicted molar refractivity (Wildman–Crippen MR) is 84.5 cm³/mol. The number of thioether (sulfide) groups is 1. The maximum Gasteiger partial charge on any atom is 0.236 e. The van der Waals surface area contributed by atoms with Gasteiger partial charge in [0.2, 0.25) is 5.91 Å². The number of amidine groups is 1. The molecule has 1 aliphatic heterocycles. The number of hydrogen-bond donors (Lipinski definition) is 1. The highest BCUT2D eigenvalue weighted by Crippen LogP contribution is 2.27. The van der Waals surface area contributed by atoms with E-state index in [0.717, 1.165) is 0 Å². The normalized spacial score (nSPS) is 19.3. The molecule has 2 heterocycles. The molecule has 6 nitrogen and oxygen atoms in total. The van der Waals surface area contributed by atoms with Crippen LogP contribution in [0.1, 0.15) is 22.6 Å². The number of ketones is 1. The summed E-state index contributed by atoms with van der Waals surface area (Å²) in [6.07, 6.45) is 1.97. The van der Waals surface area contributed by atoms with E-state index in [1.165, 1.54) is 11.8 Å². The first-order chi connectivity index (χ1) is 10.7. The standard InChI is InChI=1S/C15H10N4O2S/c20-11-6-5-10(18-15-19-12(21)7-22-15)13-14(11)17-9-4-2-1-3-8(9)16-13/h1-5H,6-7H2,(H,18,19,21). The smallest absolute Gasteiger partial charge is 0.236 e. The van der Waals surface area contributed by atoms with Crippen LogP contribution in [0.3, 0.4) is 0 Å². The first-order valence-electron chi connectivity index (χ1n) is 6.72. The van der Waals surface area contributed by atoms with E-state index in [0.29, 0.717) is 39.0 Å². The lowest BCUT2D eigenvalue weighted by molar-refractivity contribution is -0.116. The second kappa shape index (κ2) is 5.03. The molecule has 0 bridgehead atoms. The highest BCUT2D eigenvalue weighted by atomic mass is 32.2. The van der Waals surface area contributed by atoms with E-state index in [4.69, 9.17) is 0 Å². The number of fused-ring (bicyclic) bond motifs is 2. The number of para-hydroxylation sites is 2. The van der Waals surface area contributed by atoms with E-state index in [9.17, 15) is 9.59 Å². The predicted octanol–water partition coefficient (Wildman–Crippen LogP) is 1.78. The molecule has 2 aromatic rings. The number of Topliss-reactive ketones (excluding diaryl/α,β-unsaturated/α-hetero) is 1. The number of nitrogens with zero attached hydrogens (tertiary/aromatic N) is 3. The third-order valence-electron chi connectivity index (χ3n) is 3.37. The Morgan fingerprint density at radius 3 is 2.50 bits per heavy atom. The lowest BCUT2D eigenvalue weighted by Crippen LogP contribution is -2.20. The van der Waals surface area contributed by atoms with E-state index in [1.54, 1.807) is 6.08 Å². The average molecular weight is 310 g/mol. The van der Waals surface area contributed by atoms with Crippen LogP contribution in [-0.2, 0) is 4.79 Å². The Bertz CT molecular complexity index is 888. The van der Waals surface area contributed by atoms with E-state index in [2.05, 4.69) is 20.3 Å². The van der Waals surface area contributed by atoms with Gasteiger partial charge in [-0.1, -0.05) is 23.9 Å². The Morgan fingerprint density at radius 1 is 1.09 bits per heavy atom. The minimum atomic E-state index is -0.0692. The van der Waals surface area contributed by atoms with Crippen LogP contribution in [0.4, 0.5) is 0 Å². The van der Waals surface area contributed by atoms with E-state index in [-0.39, 0.29) is 18.1 Å². The van der Waals surface area contributed by atoms with Gasteiger partial charge in [0.15, 0.2) is 11.0 Å². The van der Waals surface area contributed by atoms with E-state index < -0.39 is 0 Å². The molecule has 1 N–H and O–H groups in total. The van der Waals surface area contributed by atoms with Crippen molar-refractivity contribution < 1.29 is 9.59 Å². The van der Waals surface area contributed by atoms with E-state index in [1.807, 2.05) is 24.3 Å². The molecule has 108 valence electrons. The maximum absolute atomic E-state index is 12.1. The van der Waals surface area contributed by atoms with Gasteiger partial charge in [0.25, 0.3) is 0 Å². The monoisotopic (exact) mass is 310 g/mol. The van der Waals surface area contributed by atoms with Crippen molar-refractivity contribution in [2.24, 2.45) is 4.99 Å². The number of nitrogens with one attached hydrogen (secondary N) is 1. The van der Waals surface area contributed by atoms with Gasteiger partial charge in [-0.3, -0.25) is 9.59 Å². The molecule has 0 unspecified atom stereocenters. The van der Waals surface area contributed by atoms with Crippen molar-refractivity contribution in [3.8, 4) is 0 Å². The Kier molecular flexibility index (Phi) is 3.00. The zero-order valence-electron chi connectivity index (χ0n) is 11.4. The summed E-state index contributed by atoms with van der Waals surface area (Å²) in [4.78, 5) is 36.7. The Balaban J connectivity index is 1.85. The third kappa shape index (κ3) is 2.19. The van der Waals surface area contributed by atoms with Crippen LogP contribution in [0.5, 0.6) is 0 Å². The molecule has 0 radical (unpaired) electrons. The van der Waals surface area contributed by atoms with Crippen molar-refractivity contribution >= 4 is 45.4 Å². The van der Waals surface area contributed by atoms with Gasteiger partial charge in [0.1, 0.15) is 11.4 Å². The largest absolute Gasteiger partial charge is 0.304 e. The molecule has 7 heteroatoms. The van der Waals surface area contributed by atoms with Gasteiger partial charge < -0.3 is 5.32 Å². The number of amides is 1. The maximum atomic E-state index is 12.1. The van der Waals surface area contributed by atoms with Crippen LogP contribution in [0.15, 0.2) is 35.3 Å². The lowest BCUT2D eigenvalue weighted by Gasteiger charge is -2.13. The molecule has 1 amide bonds. The number of carbonyl (C=O) groups excluding carboxylic acids is 2. The first kappa shape index (κ1) is 13.1. The first-order valence-corrected chi connectivity index (χ1v) is 7.71. The molecule has 22 heavy (non-hydrogen) atoms. The number of aliphatic imine (C=N–C) groups is 1. The minimum absolute atomic E-state index is 0.0685. The molecule has 0 spiro atoms. The fourth-order valence-electron chi connectivity index (χ4n) is 2.35. The second-order valence-electron chi connectivity index (χ2n) is 4.88. The summed E-state index contributed by atoms with van der Waals surface area (Å²) in [5.41, 5.74) is 2.80. The number of carbonyl (C=O) groups is 2. The van der Waals surface area contributed by atoms with Crippen LogP contribution < -0.4 is 5.32 Å². The van der Waals surface area contributed by atoms with Crippen LogP contribution in [0.25, 0.3) is 16.7 Å². The van der Waals surface area contributed by atoms with Crippen molar-refractivity contribution in [1.82, 2.24) is 15.3 Å². The summed E-state index contributed by atoms with van der Waals surface area (Å²) in [7, 11) is 0. The van der Waals surface area contributed by atoms with Crippen LogP contribution in [0.2, 0.25) is 0 Å². The van der Waals surface area contributed by atoms with Gasteiger partial charge in [-0.2, -0.15) is 0 Å². The zero-order chi connectivity index (χ0) is 15.1. The number of allylic oxidation sites excluding steroid dienone is 1. The van der Waals surface area contributed by atoms with E-state index >= 15 is 0 Å². The number of hydrogen-bond acceptors (Lipinski definition) is 6. The molecule has 2 aliphatic rings. The van der Waals surface area contributed by atoms with Crippen molar-refractivity contribution in [1.29, 1.82) is 0 Å². The highest BCUT2D eigenvalue weighted by Gasteiger charge is 2.25. The fraction of sp³-hybridized carbons (Fsp3) is 0.133. The molecule has 0 saturated carbocycles. The van der Waals surface area contributed by atoms with Gasteiger partial charge in [-0.25, -0.2) is 15.0 Å². The third-order valence-corrected chi connectivity index (χ3v) is 4.24. The minimum Gasteiger partial charge on any atom is -0.304 e. The fourth-order valence-corrected chi connectivity index (χ4v) is 3.04. The average Bonchev–Trinajstić information content (AvgIpc) is 2.94. The van der Waals surface area contributed by atoms with Gasteiger partial charge >= 0.3 is 0 Å². The number of benzene rings is 1. The molecule has 1 aromatic carbocycles. The van der Waals surface area contributed by atoms with Crippen LogP contribution in [-0.4, -0.2) is 32.6 Å². The molecular weight excluding hydrogens is 300 g/mol. The summed E-state index contributed by atoms with van der Waals surface area (Å²) in [5, 5.41) is 3.21. The second-order valence-corrected chi connectivity index (χ2v) is 5.84. The number of aromatic nitrogens is 2. The van der Waals surface area contributed by atoms with Crippen molar-refractivity contribution in [3.05, 3.63) is 41.7 Å². The zero-order valence-corrected chi connectivity index (χ0v) is 12.2. The molecule has 1 saturated heterocycles. The van der Waals surface area contributed by atoms with Crippen molar-refractivity contribution in [2.75, 3.05) is 5.75 Å². The molecule has 1 aromatic heterocycles. The summed E-state index contributed by atoms with van der Waals surface area (Å²) in [6, 6.07) is 7.40. The molecule has 0 atom stereocenters. The highest BCUT2D eigenvalue weighted by molar-refractivity contribution is 8.15. The lowest BCUT2D eigenvalue weighted by atomic mass is 10.0.